The van der Waals surface area contributed by atoms with Crippen LogP contribution < -0.4 is 16.3 Å². The Morgan fingerprint density at radius 1 is 1.19 bits per heavy atom. The zero-order valence-corrected chi connectivity index (χ0v) is 21.0. The summed E-state index contributed by atoms with van der Waals surface area (Å²) in [6, 6.07) is 0.313. The molecule has 1 aromatic rings. The zero-order chi connectivity index (χ0) is 27.0. The Kier molecular flexibility index (Phi) is 10.5. The van der Waals surface area contributed by atoms with Crippen LogP contribution in [0.4, 0.5) is 10.6 Å². The van der Waals surface area contributed by atoms with Gasteiger partial charge in [0, 0.05) is 12.6 Å². The number of nitrogens with zero attached hydrogens (tertiary/aromatic N) is 2. The number of aliphatic hydroxyl groups is 3. The van der Waals surface area contributed by atoms with Gasteiger partial charge in [0.15, 0.2) is 6.23 Å². The molecule has 0 aromatic carbocycles. The lowest BCUT2D eigenvalue weighted by atomic mass is 10.1. The Labute approximate surface area is 208 Å². The van der Waals surface area contributed by atoms with E-state index in [1.54, 1.807) is 20.8 Å². The molecule has 0 aliphatic carbocycles. The van der Waals surface area contributed by atoms with Gasteiger partial charge in [0.25, 0.3) is 0 Å². The maximum absolute atomic E-state index is 12.9. The first-order chi connectivity index (χ1) is 16.8. The molecule has 36 heavy (non-hydrogen) atoms. The average Bonchev–Trinajstić information content (AvgIpc) is 3.05. The van der Waals surface area contributed by atoms with Crippen molar-refractivity contribution in [3.63, 3.8) is 0 Å². The fraction of sp³-hybridized carbons (Fsp3) is 0.696. The van der Waals surface area contributed by atoms with E-state index in [0.29, 0.717) is 25.7 Å². The number of alkyl carbamates (subject to hydrolysis) is 1. The Morgan fingerprint density at radius 3 is 2.44 bits per heavy atom. The van der Waals surface area contributed by atoms with Crippen LogP contribution in [-0.2, 0) is 19.1 Å². The maximum Gasteiger partial charge on any atom is 0.408 e. The van der Waals surface area contributed by atoms with E-state index in [1.165, 1.54) is 19.2 Å². The molecule has 5 N–H and O–H groups in total. The van der Waals surface area contributed by atoms with E-state index in [1.807, 2.05) is 0 Å². The normalized spacial score (nSPS) is 22.6. The Balaban J connectivity index is 2.08. The molecule has 0 spiro atoms. The molecule has 2 unspecified atom stereocenters. The number of ether oxygens (including phenoxy) is 2. The zero-order valence-electron chi connectivity index (χ0n) is 21.0. The minimum absolute atomic E-state index is 0.0777. The van der Waals surface area contributed by atoms with Gasteiger partial charge in [-0.3, -0.25) is 9.36 Å². The fourth-order valence-corrected chi connectivity index (χ4v) is 3.62. The number of rotatable bonds is 11. The number of nitrogens with one attached hydrogen (secondary N) is 2. The fourth-order valence-electron chi connectivity index (χ4n) is 3.62. The topological polar surface area (TPSA) is 189 Å². The van der Waals surface area contributed by atoms with Crippen LogP contribution >= 0.6 is 0 Å². The third-order valence-corrected chi connectivity index (χ3v) is 5.40. The number of hydrogen-bond acceptors (Lipinski definition) is 10. The standard InChI is InChI=1S/C23H36N4O9/c1-13(29)8-6-5-7-9-14(24-22(34)36-23(2,3)4)19(32)25-16-10-11-27(21(33)26-16)20-18(31)17(30)15(12-28)35-20/h10-11,14-15,17-18,20,28,30-31H,5-9,12H2,1-4H3,(H,24,34)(H,25,26,32,33)/t14?,15-,17?,18-,20-/m1/s1. The molecule has 2 rings (SSSR count). The van der Waals surface area contributed by atoms with Crippen molar-refractivity contribution >= 4 is 23.6 Å². The van der Waals surface area contributed by atoms with Crippen LogP contribution in [-0.4, -0.2) is 79.2 Å². The molecular formula is C23H36N4O9. The summed E-state index contributed by atoms with van der Waals surface area (Å²) in [6.45, 7) is 6.03. The smallest absolute Gasteiger partial charge is 0.408 e. The number of aliphatic hydroxyl groups excluding tert-OH is 3. The maximum atomic E-state index is 12.9. The van der Waals surface area contributed by atoms with Gasteiger partial charge in [-0.2, -0.15) is 4.98 Å². The van der Waals surface area contributed by atoms with E-state index in [-0.39, 0.29) is 18.0 Å². The summed E-state index contributed by atoms with van der Waals surface area (Å²) >= 11 is 0. The van der Waals surface area contributed by atoms with Crippen molar-refractivity contribution in [1.29, 1.82) is 0 Å². The molecular weight excluding hydrogens is 476 g/mol. The summed E-state index contributed by atoms with van der Waals surface area (Å²) in [5.41, 5.74) is -1.64. The average molecular weight is 513 g/mol. The molecule has 2 heterocycles. The minimum Gasteiger partial charge on any atom is -0.444 e. The first-order valence-corrected chi connectivity index (χ1v) is 11.8. The van der Waals surface area contributed by atoms with Gasteiger partial charge in [-0.1, -0.05) is 12.8 Å². The van der Waals surface area contributed by atoms with Gasteiger partial charge < -0.3 is 40.2 Å². The Bertz CT molecular complexity index is 975. The molecule has 1 saturated heterocycles. The number of anilines is 1. The lowest BCUT2D eigenvalue weighted by Crippen LogP contribution is -2.46. The van der Waals surface area contributed by atoms with Crippen LogP contribution in [0.15, 0.2) is 17.1 Å². The van der Waals surface area contributed by atoms with Crippen molar-refractivity contribution in [3.8, 4) is 0 Å². The van der Waals surface area contributed by atoms with Gasteiger partial charge in [-0.25, -0.2) is 9.59 Å². The summed E-state index contributed by atoms with van der Waals surface area (Å²) in [6.07, 6.45) is -2.13. The molecule has 13 heteroatoms. The molecule has 1 fully saturated rings. The van der Waals surface area contributed by atoms with Crippen LogP contribution in [0.25, 0.3) is 0 Å². The molecule has 5 atom stereocenters. The van der Waals surface area contributed by atoms with Crippen LogP contribution in [0.5, 0.6) is 0 Å². The van der Waals surface area contributed by atoms with E-state index < -0.39 is 60.5 Å². The van der Waals surface area contributed by atoms with Crippen molar-refractivity contribution in [2.45, 2.75) is 96.0 Å². The van der Waals surface area contributed by atoms with Crippen molar-refractivity contribution in [2.24, 2.45) is 0 Å². The van der Waals surface area contributed by atoms with Gasteiger partial charge in [-0.05, 0) is 46.6 Å². The minimum atomic E-state index is -1.47. The van der Waals surface area contributed by atoms with Gasteiger partial charge in [0.2, 0.25) is 5.91 Å². The highest BCUT2D eigenvalue weighted by Gasteiger charge is 2.43. The Morgan fingerprint density at radius 2 is 1.89 bits per heavy atom. The molecule has 0 saturated carbocycles. The Hall–Kier alpha value is -2.87. The van der Waals surface area contributed by atoms with Crippen LogP contribution in [0.3, 0.4) is 0 Å². The van der Waals surface area contributed by atoms with Crippen LogP contribution in [0, 0.1) is 0 Å². The monoisotopic (exact) mass is 512 g/mol. The number of amides is 2. The van der Waals surface area contributed by atoms with E-state index in [9.17, 15) is 34.5 Å². The molecule has 0 bridgehead atoms. The third-order valence-electron chi connectivity index (χ3n) is 5.40. The van der Waals surface area contributed by atoms with Gasteiger partial charge >= 0.3 is 11.8 Å². The molecule has 0 radical (unpaired) electrons. The van der Waals surface area contributed by atoms with Crippen molar-refractivity contribution in [2.75, 3.05) is 11.9 Å². The van der Waals surface area contributed by atoms with Gasteiger partial charge in [0.05, 0.1) is 6.61 Å². The molecule has 1 aliphatic heterocycles. The second kappa shape index (κ2) is 12.9. The first-order valence-electron chi connectivity index (χ1n) is 11.8. The van der Waals surface area contributed by atoms with Crippen molar-refractivity contribution < 1.29 is 39.2 Å². The van der Waals surface area contributed by atoms with Crippen molar-refractivity contribution in [3.05, 3.63) is 22.7 Å². The summed E-state index contributed by atoms with van der Waals surface area (Å²) < 4.78 is 11.5. The number of ketones is 1. The number of hydrogen-bond donors (Lipinski definition) is 5. The quantitative estimate of drug-likeness (QED) is 0.257. The highest BCUT2D eigenvalue weighted by molar-refractivity contribution is 5.95. The van der Waals surface area contributed by atoms with Gasteiger partial charge in [-0.15, -0.1) is 0 Å². The summed E-state index contributed by atoms with van der Waals surface area (Å²) in [7, 11) is 0. The third kappa shape index (κ3) is 8.66. The number of unbranched alkanes of at least 4 members (excludes halogenated alkanes) is 2. The summed E-state index contributed by atoms with van der Waals surface area (Å²) in [4.78, 5) is 52.6. The summed E-state index contributed by atoms with van der Waals surface area (Å²) in [5, 5.41) is 34.3. The second-order valence-corrected chi connectivity index (χ2v) is 9.72. The van der Waals surface area contributed by atoms with E-state index in [0.717, 1.165) is 4.57 Å². The lowest BCUT2D eigenvalue weighted by Gasteiger charge is -2.23. The SMILES string of the molecule is CC(=O)CCCCCC(NC(=O)OC(C)(C)C)C(=O)Nc1ccn([C@@H]2O[C@H](CO)C(O)[C@H]2O)c(=O)n1. The predicted octanol–water partition coefficient (Wildman–Crippen LogP) is 0.226. The molecule has 2 amide bonds. The number of Topliss-reactive ketones (excluding diaryl/α,β-unsaturated/α-hetero) is 1. The molecule has 1 aromatic heterocycles. The molecule has 1 aliphatic rings. The lowest BCUT2D eigenvalue weighted by molar-refractivity contribution is -0.119. The largest absolute Gasteiger partial charge is 0.444 e. The molecule has 202 valence electrons. The van der Waals surface area contributed by atoms with Crippen LogP contribution in [0.1, 0.15) is 66.0 Å². The molecule has 13 nitrogen and oxygen atoms in total. The van der Waals surface area contributed by atoms with E-state index >= 15 is 0 Å². The summed E-state index contributed by atoms with van der Waals surface area (Å²) in [5.74, 6) is -0.639. The van der Waals surface area contributed by atoms with Gasteiger partial charge in [0.1, 0.15) is 41.6 Å². The second-order valence-electron chi connectivity index (χ2n) is 9.72. The number of aromatic nitrogens is 2. The van der Waals surface area contributed by atoms with Crippen molar-refractivity contribution in [1.82, 2.24) is 14.9 Å². The highest BCUT2D eigenvalue weighted by Crippen LogP contribution is 2.28. The van der Waals surface area contributed by atoms with Crippen LogP contribution in [0.2, 0.25) is 0 Å². The first kappa shape index (κ1) is 29.4. The van der Waals surface area contributed by atoms with E-state index in [4.69, 9.17) is 9.47 Å². The predicted molar refractivity (Wildman–Crippen MR) is 127 cm³/mol. The number of carbonyl (C=O) groups is 3. The number of carbonyl (C=O) groups excluding carboxylic acids is 3. The van der Waals surface area contributed by atoms with E-state index in [2.05, 4.69) is 15.6 Å². The highest BCUT2D eigenvalue weighted by atomic mass is 16.6.